The summed E-state index contributed by atoms with van der Waals surface area (Å²) in [5.41, 5.74) is 0.808. The highest BCUT2D eigenvalue weighted by atomic mass is 16.1. The van der Waals surface area contributed by atoms with E-state index < -0.39 is 0 Å². The third-order valence-corrected chi connectivity index (χ3v) is 4.00. The molecule has 1 aliphatic carbocycles. The number of carbonyl (C=O) groups is 1. The van der Waals surface area contributed by atoms with Crippen LogP contribution in [0.15, 0.2) is 12.1 Å². The second-order valence-electron chi connectivity index (χ2n) is 5.42. The van der Waals surface area contributed by atoms with Crippen LogP contribution >= 0.6 is 0 Å². The smallest absolute Gasteiger partial charge is 0.209 e. The van der Waals surface area contributed by atoms with Gasteiger partial charge < -0.3 is 9.80 Å². The van der Waals surface area contributed by atoms with E-state index >= 15 is 0 Å². The van der Waals surface area contributed by atoms with E-state index in [-0.39, 0.29) is 0 Å². The number of anilines is 1. The lowest BCUT2D eigenvalue weighted by Crippen LogP contribution is -2.46. The van der Waals surface area contributed by atoms with Crippen molar-refractivity contribution in [3.8, 4) is 0 Å². The van der Waals surface area contributed by atoms with E-state index in [1.807, 2.05) is 16.6 Å². The fourth-order valence-corrected chi connectivity index (χ4v) is 2.62. The lowest BCUT2D eigenvalue weighted by Gasteiger charge is -2.33. The van der Waals surface area contributed by atoms with E-state index in [0.717, 1.165) is 49.9 Å². The first-order valence-electron chi connectivity index (χ1n) is 7.02. The van der Waals surface area contributed by atoms with Crippen molar-refractivity contribution in [3.63, 3.8) is 0 Å². The lowest BCUT2D eigenvalue weighted by molar-refractivity contribution is -0.118. The number of piperazine rings is 1. The zero-order chi connectivity index (χ0) is 13.5. The monoisotopic (exact) mass is 272 g/mol. The molecule has 0 atom stereocenters. The van der Waals surface area contributed by atoms with E-state index in [0.29, 0.717) is 5.92 Å². The standard InChI is InChI=1S/C13H16N6O/c20-9-17-5-7-18(8-6-17)12-4-3-11-14-15-13(10-1-2-10)19(11)16-12/h3-4,9-10H,1-2,5-8H2. The fourth-order valence-electron chi connectivity index (χ4n) is 2.62. The number of nitrogens with zero attached hydrogens (tertiary/aromatic N) is 6. The van der Waals surface area contributed by atoms with Gasteiger partial charge in [-0.05, 0) is 25.0 Å². The molecule has 2 aliphatic rings. The molecule has 0 spiro atoms. The van der Waals surface area contributed by atoms with E-state index in [1.54, 1.807) is 4.90 Å². The van der Waals surface area contributed by atoms with E-state index in [1.165, 1.54) is 12.8 Å². The SMILES string of the molecule is O=CN1CCN(c2ccc3nnc(C4CC4)n3n2)CC1. The minimum absolute atomic E-state index is 0.527. The largest absolute Gasteiger partial charge is 0.352 e. The van der Waals surface area contributed by atoms with E-state index in [2.05, 4.69) is 20.2 Å². The van der Waals surface area contributed by atoms with Gasteiger partial charge in [-0.3, -0.25) is 4.79 Å². The predicted molar refractivity (Wildman–Crippen MR) is 72.6 cm³/mol. The maximum Gasteiger partial charge on any atom is 0.209 e. The van der Waals surface area contributed by atoms with Gasteiger partial charge in [-0.15, -0.1) is 15.3 Å². The van der Waals surface area contributed by atoms with Crippen molar-refractivity contribution in [1.29, 1.82) is 0 Å². The Bertz CT molecular complexity index is 641. The zero-order valence-electron chi connectivity index (χ0n) is 11.1. The van der Waals surface area contributed by atoms with Crippen molar-refractivity contribution >= 4 is 17.9 Å². The fraction of sp³-hybridized carbons (Fsp3) is 0.538. The van der Waals surface area contributed by atoms with Crippen LogP contribution in [0.1, 0.15) is 24.6 Å². The van der Waals surface area contributed by atoms with Crippen molar-refractivity contribution in [2.45, 2.75) is 18.8 Å². The summed E-state index contributed by atoms with van der Waals surface area (Å²) in [5, 5.41) is 13.1. The Labute approximate surface area is 116 Å². The quantitative estimate of drug-likeness (QED) is 0.751. The minimum atomic E-state index is 0.527. The number of aromatic nitrogens is 4. The van der Waals surface area contributed by atoms with Crippen LogP contribution in [0.5, 0.6) is 0 Å². The molecule has 2 aromatic heterocycles. The Morgan fingerprint density at radius 2 is 1.90 bits per heavy atom. The summed E-state index contributed by atoms with van der Waals surface area (Å²) in [5.74, 6) is 2.44. The topological polar surface area (TPSA) is 66.6 Å². The van der Waals surface area contributed by atoms with Crippen LogP contribution in [0, 0.1) is 0 Å². The van der Waals surface area contributed by atoms with Crippen molar-refractivity contribution in [1.82, 2.24) is 24.7 Å². The van der Waals surface area contributed by atoms with Gasteiger partial charge in [0.2, 0.25) is 6.41 Å². The molecule has 0 aromatic carbocycles. The Morgan fingerprint density at radius 3 is 2.60 bits per heavy atom. The highest BCUT2D eigenvalue weighted by molar-refractivity contribution is 5.50. The average Bonchev–Trinajstić information content (AvgIpc) is 3.26. The van der Waals surface area contributed by atoms with Crippen LogP contribution in [0.2, 0.25) is 0 Å². The molecule has 1 saturated heterocycles. The van der Waals surface area contributed by atoms with Gasteiger partial charge >= 0.3 is 0 Å². The van der Waals surface area contributed by atoms with Crippen LogP contribution in [0.3, 0.4) is 0 Å². The molecule has 104 valence electrons. The van der Waals surface area contributed by atoms with Crippen LogP contribution in [0.4, 0.5) is 5.82 Å². The summed E-state index contributed by atoms with van der Waals surface area (Å²) < 4.78 is 1.87. The first kappa shape index (κ1) is 11.6. The molecule has 20 heavy (non-hydrogen) atoms. The van der Waals surface area contributed by atoms with Crippen molar-refractivity contribution < 1.29 is 4.79 Å². The molecular formula is C13H16N6O. The number of fused-ring (bicyclic) bond motifs is 1. The molecule has 2 aromatic rings. The van der Waals surface area contributed by atoms with Gasteiger partial charge in [0.15, 0.2) is 11.5 Å². The molecule has 2 fully saturated rings. The average molecular weight is 272 g/mol. The molecule has 1 amide bonds. The number of hydrogen-bond donors (Lipinski definition) is 0. The second kappa shape index (κ2) is 4.43. The summed E-state index contributed by atoms with van der Waals surface area (Å²) in [4.78, 5) is 14.7. The van der Waals surface area contributed by atoms with Gasteiger partial charge in [0, 0.05) is 32.1 Å². The van der Waals surface area contributed by atoms with Gasteiger partial charge in [-0.1, -0.05) is 0 Å². The van der Waals surface area contributed by atoms with E-state index in [4.69, 9.17) is 0 Å². The Morgan fingerprint density at radius 1 is 1.10 bits per heavy atom. The first-order chi connectivity index (χ1) is 9.85. The van der Waals surface area contributed by atoms with Crippen LogP contribution in [0.25, 0.3) is 5.65 Å². The molecule has 0 N–H and O–H groups in total. The second-order valence-corrected chi connectivity index (χ2v) is 5.42. The predicted octanol–water partition coefficient (Wildman–Crippen LogP) is 0.280. The number of hydrogen-bond acceptors (Lipinski definition) is 5. The molecule has 0 bridgehead atoms. The third-order valence-electron chi connectivity index (χ3n) is 4.00. The maximum atomic E-state index is 10.7. The number of amides is 1. The zero-order valence-corrected chi connectivity index (χ0v) is 11.1. The minimum Gasteiger partial charge on any atom is -0.352 e. The van der Waals surface area contributed by atoms with Gasteiger partial charge in [0.25, 0.3) is 0 Å². The summed E-state index contributed by atoms with van der Waals surface area (Å²) in [6.07, 6.45) is 3.29. The lowest BCUT2D eigenvalue weighted by atomic mass is 10.3. The third kappa shape index (κ3) is 1.90. The van der Waals surface area contributed by atoms with Gasteiger partial charge in [0.05, 0.1) is 0 Å². The molecule has 1 aliphatic heterocycles. The van der Waals surface area contributed by atoms with Crippen molar-refractivity contribution in [3.05, 3.63) is 18.0 Å². The van der Waals surface area contributed by atoms with Crippen molar-refractivity contribution in [2.24, 2.45) is 0 Å². The van der Waals surface area contributed by atoms with E-state index in [9.17, 15) is 4.79 Å². The molecule has 7 nitrogen and oxygen atoms in total. The molecule has 4 rings (SSSR count). The summed E-state index contributed by atoms with van der Waals surface area (Å²) in [6, 6.07) is 3.95. The van der Waals surface area contributed by atoms with Crippen LogP contribution < -0.4 is 4.90 Å². The summed E-state index contributed by atoms with van der Waals surface area (Å²) in [7, 11) is 0. The number of rotatable bonds is 3. The molecule has 0 radical (unpaired) electrons. The Balaban J connectivity index is 1.63. The highest BCUT2D eigenvalue weighted by Crippen LogP contribution is 2.38. The Kier molecular flexibility index (Phi) is 2.58. The first-order valence-corrected chi connectivity index (χ1v) is 7.02. The normalized spacial score (nSPS) is 19.6. The summed E-state index contributed by atoms with van der Waals surface area (Å²) >= 11 is 0. The molecule has 1 saturated carbocycles. The number of carbonyl (C=O) groups excluding carboxylic acids is 1. The molecular weight excluding hydrogens is 256 g/mol. The molecule has 3 heterocycles. The van der Waals surface area contributed by atoms with Crippen LogP contribution in [-0.4, -0.2) is 57.3 Å². The van der Waals surface area contributed by atoms with Gasteiger partial charge in [-0.2, -0.15) is 4.52 Å². The maximum absolute atomic E-state index is 10.7. The Hall–Kier alpha value is -2.18. The highest BCUT2D eigenvalue weighted by Gasteiger charge is 2.29. The van der Waals surface area contributed by atoms with Gasteiger partial charge in [-0.25, -0.2) is 0 Å². The van der Waals surface area contributed by atoms with Crippen LogP contribution in [-0.2, 0) is 4.79 Å². The summed E-state index contributed by atoms with van der Waals surface area (Å²) in [6.45, 7) is 3.14. The molecule has 7 heteroatoms. The van der Waals surface area contributed by atoms with Gasteiger partial charge in [0.1, 0.15) is 5.82 Å². The molecule has 0 unspecified atom stereocenters. The van der Waals surface area contributed by atoms with Crippen molar-refractivity contribution in [2.75, 3.05) is 31.1 Å².